The number of methoxy groups -OCH3 is 1. The first-order chi connectivity index (χ1) is 17.9. The molecule has 0 aliphatic carbocycles. The van der Waals surface area contributed by atoms with Gasteiger partial charge in [-0.1, -0.05) is 30.3 Å². The van der Waals surface area contributed by atoms with Crippen molar-refractivity contribution in [3.63, 3.8) is 0 Å². The average Bonchev–Trinajstić information content (AvgIpc) is 2.92. The van der Waals surface area contributed by atoms with Crippen LogP contribution in [0.25, 0.3) is 0 Å². The van der Waals surface area contributed by atoms with Gasteiger partial charge in [0, 0.05) is 53.1 Å². The lowest BCUT2D eigenvalue weighted by Crippen LogP contribution is -2.48. The molecular formula is C29H35N3O5. The van der Waals surface area contributed by atoms with Crippen LogP contribution in [0.15, 0.2) is 48.5 Å². The van der Waals surface area contributed by atoms with Gasteiger partial charge >= 0.3 is 0 Å². The first-order valence-corrected chi connectivity index (χ1v) is 12.8. The number of amides is 2. The highest BCUT2D eigenvalue weighted by molar-refractivity contribution is 5.97. The van der Waals surface area contributed by atoms with E-state index in [2.05, 4.69) is 6.07 Å². The Morgan fingerprint density at radius 2 is 1.78 bits per heavy atom. The number of hydrogen-bond donors (Lipinski definition) is 0. The van der Waals surface area contributed by atoms with Crippen molar-refractivity contribution in [3.05, 3.63) is 65.2 Å². The number of hydrogen-bond acceptors (Lipinski definition) is 6. The van der Waals surface area contributed by atoms with Crippen molar-refractivity contribution < 1.29 is 23.8 Å². The van der Waals surface area contributed by atoms with Crippen LogP contribution in [0.1, 0.15) is 53.1 Å². The molecule has 2 amide bonds. The number of likely N-dealkylation sites (N-methyl/N-ethyl adjacent to an activating group) is 2. The third-order valence-electron chi connectivity index (χ3n) is 7.31. The Bertz CT molecular complexity index is 1130. The van der Waals surface area contributed by atoms with Crippen molar-refractivity contribution in [3.8, 4) is 11.8 Å². The number of nitrogens with zero attached hydrogens (tertiary/aromatic N) is 3. The monoisotopic (exact) mass is 505 g/mol. The lowest BCUT2D eigenvalue weighted by molar-refractivity contribution is -0.150. The van der Waals surface area contributed by atoms with Gasteiger partial charge in [-0.15, -0.1) is 0 Å². The zero-order valence-corrected chi connectivity index (χ0v) is 21.8. The van der Waals surface area contributed by atoms with Crippen molar-refractivity contribution in [2.24, 2.45) is 0 Å². The minimum absolute atomic E-state index is 0.0159. The van der Waals surface area contributed by atoms with E-state index < -0.39 is 0 Å². The molecule has 2 aromatic rings. The quantitative estimate of drug-likeness (QED) is 0.619. The maximum absolute atomic E-state index is 13.6. The maximum Gasteiger partial charge on any atom is 0.257 e. The highest BCUT2D eigenvalue weighted by Gasteiger charge is 2.34. The average molecular weight is 506 g/mol. The summed E-state index contributed by atoms with van der Waals surface area (Å²) in [6, 6.07) is 16.8. The Balaban J connectivity index is 1.68. The number of benzene rings is 2. The van der Waals surface area contributed by atoms with E-state index in [1.54, 1.807) is 49.2 Å². The summed E-state index contributed by atoms with van der Waals surface area (Å²) in [6.45, 7) is 1.14. The molecule has 8 heteroatoms. The summed E-state index contributed by atoms with van der Waals surface area (Å²) in [4.78, 5) is 30.3. The van der Waals surface area contributed by atoms with Crippen LogP contribution in [0.4, 0.5) is 0 Å². The Labute approximate surface area is 218 Å². The standard InChI is InChI=1S/C29H35N3O5/c1-31-19-27-26(35-3)12-10-23(37-27)13-14-36-25-11-9-20(17-30)15-24(25)29(34)32(2)18-22(16-28(31)33)21-7-5-4-6-8-21/h4-9,11,15,22-23,26-27H,10,12-14,16,18-19H2,1-3H3/t22-,23+,26-,27-/m1/s1. The Morgan fingerprint density at radius 1 is 1.00 bits per heavy atom. The molecule has 0 spiro atoms. The fraction of sp³-hybridized carbons (Fsp3) is 0.483. The summed E-state index contributed by atoms with van der Waals surface area (Å²) in [6.07, 6.45) is 2.21. The highest BCUT2D eigenvalue weighted by Crippen LogP contribution is 2.29. The van der Waals surface area contributed by atoms with Crippen LogP contribution in [-0.2, 0) is 14.3 Å². The van der Waals surface area contributed by atoms with E-state index in [0.29, 0.717) is 43.0 Å². The molecule has 2 aliphatic heterocycles. The minimum Gasteiger partial charge on any atom is -0.493 e. The maximum atomic E-state index is 13.6. The summed E-state index contributed by atoms with van der Waals surface area (Å²) in [5.74, 6) is -0.0346. The van der Waals surface area contributed by atoms with Crippen molar-refractivity contribution in [2.75, 3.05) is 40.9 Å². The van der Waals surface area contributed by atoms with E-state index in [-0.39, 0.29) is 42.5 Å². The molecule has 0 saturated carbocycles. The number of carbonyl (C=O) groups excluding carboxylic acids is 2. The van der Waals surface area contributed by atoms with Gasteiger partial charge in [-0.3, -0.25) is 9.59 Å². The molecule has 0 aromatic heterocycles. The predicted octanol–water partition coefficient (Wildman–Crippen LogP) is 3.61. The van der Waals surface area contributed by atoms with Gasteiger partial charge in [0.15, 0.2) is 0 Å². The lowest BCUT2D eigenvalue weighted by Gasteiger charge is -2.38. The smallest absolute Gasteiger partial charge is 0.257 e. The fourth-order valence-corrected chi connectivity index (χ4v) is 5.14. The van der Waals surface area contributed by atoms with Gasteiger partial charge in [0.25, 0.3) is 5.91 Å². The SMILES string of the molecule is CO[C@@H]1CC[C@H]2CCOc3ccc(C#N)cc3C(=O)N(C)C[C@H](c3ccccc3)CC(=O)N(C)C[C@H]1O2. The Kier molecular flexibility index (Phi) is 8.80. The molecule has 4 rings (SSSR count). The van der Waals surface area contributed by atoms with Gasteiger partial charge in [0.1, 0.15) is 11.9 Å². The molecule has 1 fully saturated rings. The summed E-state index contributed by atoms with van der Waals surface area (Å²) >= 11 is 0. The van der Waals surface area contributed by atoms with Crippen LogP contribution in [0.2, 0.25) is 0 Å². The second kappa shape index (κ2) is 12.2. The number of nitriles is 1. The number of fused-ring (bicyclic) bond motifs is 3. The van der Waals surface area contributed by atoms with Crippen LogP contribution >= 0.6 is 0 Å². The zero-order chi connectivity index (χ0) is 26.4. The third kappa shape index (κ3) is 6.48. The molecular weight excluding hydrogens is 470 g/mol. The molecule has 0 unspecified atom stereocenters. The van der Waals surface area contributed by atoms with Crippen LogP contribution in [0.3, 0.4) is 0 Å². The predicted molar refractivity (Wildman–Crippen MR) is 138 cm³/mol. The molecule has 37 heavy (non-hydrogen) atoms. The van der Waals surface area contributed by atoms with E-state index >= 15 is 0 Å². The molecule has 1 saturated heterocycles. The van der Waals surface area contributed by atoms with Crippen molar-refractivity contribution in [2.45, 2.75) is 49.9 Å². The van der Waals surface area contributed by atoms with Crippen LogP contribution < -0.4 is 4.74 Å². The van der Waals surface area contributed by atoms with Gasteiger partial charge in [0.2, 0.25) is 5.91 Å². The molecule has 196 valence electrons. The highest BCUT2D eigenvalue weighted by atomic mass is 16.5. The molecule has 0 radical (unpaired) electrons. The zero-order valence-electron chi connectivity index (χ0n) is 21.8. The Hall–Kier alpha value is -3.41. The largest absolute Gasteiger partial charge is 0.493 e. The normalized spacial score (nSPS) is 25.7. The molecule has 8 nitrogen and oxygen atoms in total. The van der Waals surface area contributed by atoms with Gasteiger partial charge < -0.3 is 24.0 Å². The molecule has 4 atom stereocenters. The number of ether oxygens (including phenoxy) is 3. The summed E-state index contributed by atoms with van der Waals surface area (Å²) in [7, 11) is 5.20. The number of rotatable bonds is 2. The summed E-state index contributed by atoms with van der Waals surface area (Å²) < 4.78 is 18.1. The topological polar surface area (TPSA) is 92.1 Å². The molecule has 2 aromatic carbocycles. The lowest BCUT2D eigenvalue weighted by atomic mass is 9.93. The third-order valence-corrected chi connectivity index (χ3v) is 7.31. The van der Waals surface area contributed by atoms with Crippen molar-refractivity contribution in [1.29, 1.82) is 5.26 Å². The van der Waals surface area contributed by atoms with E-state index in [9.17, 15) is 14.9 Å². The van der Waals surface area contributed by atoms with Crippen LogP contribution in [0.5, 0.6) is 5.75 Å². The summed E-state index contributed by atoms with van der Waals surface area (Å²) in [5, 5.41) is 9.43. The van der Waals surface area contributed by atoms with Gasteiger partial charge in [-0.25, -0.2) is 0 Å². The van der Waals surface area contributed by atoms with Crippen LogP contribution in [0, 0.1) is 11.3 Å². The molecule has 2 heterocycles. The first-order valence-electron chi connectivity index (χ1n) is 12.8. The Morgan fingerprint density at radius 3 is 2.51 bits per heavy atom. The second-order valence-corrected chi connectivity index (χ2v) is 9.88. The minimum atomic E-state index is -0.252. The molecule has 2 aliphatic rings. The van der Waals surface area contributed by atoms with Crippen LogP contribution in [-0.4, -0.2) is 80.8 Å². The number of carbonyl (C=O) groups is 2. The van der Waals surface area contributed by atoms with Crippen molar-refractivity contribution >= 4 is 11.8 Å². The van der Waals surface area contributed by atoms with E-state index in [1.807, 2.05) is 30.3 Å². The van der Waals surface area contributed by atoms with Gasteiger partial charge in [0.05, 0.1) is 36.0 Å². The van der Waals surface area contributed by atoms with E-state index in [1.165, 1.54) is 0 Å². The fourth-order valence-electron chi connectivity index (χ4n) is 5.14. The van der Waals surface area contributed by atoms with E-state index in [0.717, 1.165) is 18.4 Å². The van der Waals surface area contributed by atoms with E-state index in [4.69, 9.17) is 14.2 Å². The second-order valence-electron chi connectivity index (χ2n) is 9.88. The van der Waals surface area contributed by atoms with Crippen molar-refractivity contribution in [1.82, 2.24) is 9.80 Å². The van der Waals surface area contributed by atoms with Gasteiger partial charge in [-0.2, -0.15) is 5.26 Å². The van der Waals surface area contributed by atoms with Gasteiger partial charge in [-0.05, 0) is 36.6 Å². The molecule has 0 N–H and O–H groups in total. The molecule has 2 bridgehead atoms. The summed E-state index contributed by atoms with van der Waals surface area (Å²) in [5.41, 5.74) is 1.71. The first kappa shape index (κ1) is 26.6.